The summed E-state index contributed by atoms with van der Waals surface area (Å²) in [6, 6.07) is 9.77. The number of rotatable bonds is 6. The van der Waals surface area contributed by atoms with E-state index < -0.39 is 17.5 Å². The summed E-state index contributed by atoms with van der Waals surface area (Å²) in [7, 11) is 1.46. The number of para-hydroxylation sites is 1. The quantitative estimate of drug-likeness (QED) is 0.853. The van der Waals surface area contributed by atoms with Crippen molar-refractivity contribution >= 4 is 17.5 Å². The van der Waals surface area contributed by atoms with Crippen molar-refractivity contribution in [2.75, 3.05) is 19.0 Å². The van der Waals surface area contributed by atoms with Crippen LogP contribution >= 0.6 is 0 Å². The van der Waals surface area contributed by atoms with Gasteiger partial charge in [0, 0.05) is 24.7 Å². The Labute approximate surface area is 137 Å². The molecule has 2 aromatic carbocycles. The maximum Gasteiger partial charge on any atom is 0.255 e. The Hall–Kier alpha value is -2.96. The minimum Gasteiger partial charge on any atom is -0.496 e. The number of hydrogen-bond donors (Lipinski definition) is 2. The van der Waals surface area contributed by atoms with E-state index in [0.29, 0.717) is 11.3 Å². The first-order valence-electron chi connectivity index (χ1n) is 7.17. The molecule has 0 aromatic heterocycles. The Morgan fingerprint density at radius 3 is 2.54 bits per heavy atom. The molecule has 0 bridgehead atoms. The topological polar surface area (TPSA) is 67.4 Å². The van der Waals surface area contributed by atoms with E-state index in [1.165, 1.54) is 13.2 Å². The summed E-state index contributed by atoms with van der Waals surface area (Å²) in [4.78, 5) is 23.8. The zero-order valence-electron chi connectivity index (χ0n) is 12.9. The van der Waals surface area contributed by atoms with Crippen molar-refractivity contribution in [3.05, 3.63) is 59.7 Å². The van der Waals surface area contributed by atoms with Gasteiger partial charge in [0.25, 0.3) is 5.91 Å². The summed E-state index contributed by atoms with van der Waals surface area (Å²) in [6.07, 6.45) is -0.0140. The van der Waals surface area contributed by atoms with Gasteiger partial charge in [0.2, 0.25) is 5.91 Å². The number of carbonyl (C=O) groups is 2. The number of amides is 2. The van der Waals surface area contributed by atoms with Crippen LogP contribution in [0.1, 0.15) is 16.8 Å². The van der Waals surface area contributed by atoms with E-state index in [0.717, 1.165) is 12.1 Å². The number of methoxy groups -OCH3 is 1. The highest BCUT2D eigenvalue weighted by atomic mass is 19.2. The van der Waals surface area contributed by atoms with Gasteiger partial charge in [-0.2, -0.15) is 0 Å². The van der Waals surface area contributed by atoms with Crippen molar-refractivity contribution in [3.63, 3.8) is 0 Å². The maximum atomic E-state index is 13.1. The normalized spacial score (nSPS) is 10.1. The molecule has 0 radical (unpaired) electrons. The van der Waals surface area contributed by atoms with Gasteiger partial charge in [-0.15, -0.1) is 0 Å². The predicted octanol–water partition coefficient (Wildman–Crippen LogP) is 2.73. The van der Waals surface area contributed by atoms with Gasteiger partial charge in [0.05, 0.1) is 12.7 Å². The molecule has 2 rings (SSSR count). The lowest BCUT2D eigenvalue weighted by Crippen LogP contribution is -2.28. The lowest BCUT2D eigenvalue weighted by molar-refractivity contribution is -0.116. The molecule has 0 aliphatic carbocycles. The summed E-state index contributed by atoms with van der Waals surface area (Å²) in [5, 5.41) is 5.02. The molecule has 5 nitrogen and oxygen atoms in total. The maximum absolute atomic E-state index is 13.1. The molecule has 0 aliphatic heterocycles. The van der Waals surface area contributed by atoms with Gasteiger partial charge in [0.1, 0.15) is 5.75 Å². The van der Waals surface area contributed by atoms with Gasteiger partial charge in [0.15, 0.2) is 11.6 Å². The Morgan fingerprint density at radius 1 is 1.08 bits per heavy atom. The molecular weight excluding hydrogens is 318 g/mol. The third-order valence-electron chi connectivity index (χ3n) is 3.19. The highest BCUT2D eigenvalue weighted by molar-refractivity contribution is 5.97. The first kappa shape index (κ1) is 17.4. The molecule has 24 heavy (non-hydrogen) atoms. The molecule has 2 aromatic rings. The van der Waals surface area contributed by atoms with Crippen LogP contribution in [0.5, 0.6) is 5.75 Å². The van der Waals surface area contributed by atoms with E-state index in [-0.39, 0.29) is 24.6 Å². The third kappa shape index (κ3) is 4.52. The molecule has 0 atom stereocenters. The summed E-state index contributed by atoms with van der Waals surface area (Å²) in [6.45, 7) is 0.0897. The molecule has 2 N–H and O–H groups in total. The molecule has 0 spiro atoms. The van der Waals surface area contributed by atoms with Crippen LogP contribution in [-0.4, -0.2) is 25.5 Å². The molecule has 0 unspecified atom stereocenters. The Balaban J connectivity index is 1.84. The van der Waals surface area contributed by atoms with E-state index in [9.17, 15) is 18.4 Å². The number of ether oxygens (including phenoxy) is 1. The van der Waals surface area contributed by atoms with Crippen LogP contribution in [0.4, 0.5) is 14.5 Å². The van der Waals surface area contributed by atoms with Crippen LogP contribution in [0.3, 0.4) is 0 Å². The zero-order valence-corrected chi connectivity index (χ0v) is 12.9. The van der Waals surface area contributed by atoms with Gasteiger partial charge in [-0.05, 0) is 24.3 Å². The molecule has 7 heteroatoms. The lowest BCUT2D eigenvalue weighted by atomic mass is 10.2. The average Bonchev–Trinajstić information content (AvgIpc) is 2.58. The van der Waals surface area contributed by atoms with Gasteiger partial charge in [-0.25, -0.2) is 8.78 Å². The second kappa shape index (κ2) is 8.05. The van der Waals surface area contributed by atoms with Crippen molar-refractivity contribution in [3.8, 4) is 5.75 Å². The first-order valence-corrected chi connectivity index (χ1v) is 7.17. The van der Waals surface area contributed by atoms with Crippen molar-refractivity contribution in [1.82, 2.24) is 5.32 Å². The smallest absolute Gasteiger partial charge is 0.255 e. The van der Waals surface area contributed by atoms with Crippen LogP contribution in [0.25, 0.3) is 0 Å². The van der Waals surface area contributed by atoms with Crippen molar-refractivity contribution < 1.29 is 23.1 Å². The van der Waals surface area contributed by atoms with E-state index in [4.69, 9.17) is 4.74 Å². The van der Waals surface area contributed by atoms with E-state index in [1.54, 1.807) is 24.3 Å². The van der Waals surface area contributed by atoms with Crippen LogP contribution in [0, 0.1) is 11.6 Å². The van der Waals surface area contributed by atoms with Crippen molar-refractivity contribution in [2.24, 2.45) is 0 Å². The summed E-state index contributed by atoms with van der Waals surface area (Å²) < 4.78 is 30.9. The Kier molecular flexibility index (Phi) is 5.83. The molecule has 0 saturated carbocycles. The number of halogens is 2. The van der Waals surface area contributed by atoms with Crippen molar-refractivity contribution in [2.45, 2.75) is 6.42 Å². The van der Waals surface area contributed by atoms with Gasteiger partial charge in [-0.3, -0.25) is 9.59 Å². The number of hydrogen-bond acceptors (Lipinski definition) is 3. The first-order chi connectivity index (χ1) is 11.5. The fourth-order valence-corrected chi connectivity index (χ4v) is 2.01. The molecule has 126 valence electrons. The lowest BCUT2D eigenvalue weighted by Gasteiger charge is -2.09. The largest absolute Gasteiger partial charge is 0.496 e. The van der Waals surface area contributed by atoms with E-state index in [1.807, 2.05) is 0 Å². The molecule has 2 amide bonds. The highest BCUT2D eigenvalue weighted by Gasteiger charge is 2.12. The van der Waals surface area contributed by atoms with Gasteiger partial charge >= 0.3 is 0 Å². The molecule has 0 fully saturated rings. The average molecular weight is 334 g/mol. The second-order valence-electron chi connectivity index (χ2n) is 4.88. The van der Waals surface area contributed by atoms with Crippen LogP contribution in [0.15, 0.2) is 42.5 Å². The SMILES string of the molecule is COc1ccccc1C(=O)NCCC(=O)Nc1ccc(F)c(F)c1. The monoisotopic (exact) mass is 334 g/mol. The summed E-state index contributed by atoms with van der Waals surface area (Å²) in [5.41, 5.74) is 0.510. The predicted molar refractivity (Wildman–Crippen MR) is 84.9 cm³/mol. The molecule has 0 aliphatic rings. The minimum absolute atomic E-state index is 0.0140. The molecule has 0 saturated heterocycles. The van der Waals surface area contributed by atoms with Crippen molar-refractivity contribution in [1.29, 1.82) is 0 Å². The summed E-state index contributed by atoms with van der Waals surface area (Å²) in [5.74, 6) is -2.40. The Bertz CT molecular complexity index is 750. The highest BCUT2D eigenvalue weighted by Crippen LogP contribution is 2.17. The fraction of sp³-hybridized carbons (Fsp3) is 0.176. The van der Waals surface area contributed by atoms with Crippen LogP contribution in [-0.2, 0) is 4.79 Å². The van der Waals surface area contributed by atoms with Gasteiger partial charge in [-0.1, -0.05) is 12.1 Å². The van der Waals surface area contributed by atoms with Crippen LogP contribution < -0.4 is 15.4 Å². The Morgan fingerprint density at radius 2 is 1.83 bits per heavy atom. The summed E-state index contributed by atoms with van der Waals surface area (Å²) >= 11 is 0. The van der Waals surface area contributed by atoms with E-state index >= 15 is 0 Å². The fourth-order valence-electron chi connectivity index (χ4n) is 2.01. The second-order valence-corrected chi connectivity index (χ2v) is 4.88. The minimum atomic E-state index is -1.04. The van der Waals surface area contributed by atoms with E-state index in [2.05, 4.69) is 10.6 Å². The third-order valence-corrected chi connectivity index (χ3v) is 3.19. The number of nitrogens with one attached hydrogen (secondary N) is 2. The van der Waals surface area contributed by atoms with Gasteiger partial charge < -0.3 is 15.4 Å². The molecular formula is C17H16F2N2O3. The standard InChI is InChI=1S/C17H16F2N2O3/c1-24-15-5-3-2-4-12(15)17(23)20-9-8-16(22)21-11-6-7-13(18)14(19)10-11/h2-7,10H,8-9H2,1H3,(H,20,23)(H,21,22). The number of benzene rings is 2. The number of carbonyl (C=O) groups excluding carboxylic acids is 2. The number of anilines is 1. The van der Waals surface area contributed by atoms with Crippen LogP contribution in [0.2, 0.25) is 0 Å². The zero-order chi connectivity index (χ0) is 17.5. The molecule has 0 heterocycles.